The maximum Gasteiger partial charge on any atom is 0.168 e. The van der Waals surface area contributed by atoms with E-state index in [-0.39, 0.29) is 0 Å². The van der Waals surface area contributed by atoms with Gasteiger partial charge in [-0.1, -0.05) is 30.4 Å². The van der Waals surface area contributed by atoms with Crippen LogP contribution in [0.5, 0.6) is 0 Å². The molecule has 5 heteroatoms. The number of hydrogen-bond donors (Lipinski definition) is 1. The lowest BCUT2D eigenvalue weighted by Crippen LogP contribution is -2.15. The summed E-state index contributed by atoms with van der Waals surface area (Å²) in [5.74, 6) is 0.738. The molecule has 0 atom stereocenters. The molecule has 1 N–H and O–H groups in total. The Hall–Kier alpha value is -2.27. The third kappa shape index (κ3) is 2.20. The fourth-order valence-corrected chi connectivity index (χ4v) is 2.25. The molecule has 1 aromatic carbocycles. The highest BCUT2D eigenvalue weighted by Gasteiger charge is 2.11. The lowest BCUT2D eigenvalue weighted by Gasteiger charge is -2.07. The number of thiocarbonyl (C=S) groups is 1. The van der Waals surface area contributed by atoms with Crippen LogP contribution in [0.3, 0.4) is 0 Å². The molecule has 4 nitrogen and oxygen atoms in total. The predicted molar refractivity (Wildman–Crippen MR) is 80.3 cm³/mol. The number of imidazole rings is 1. The van der Waals surface area contributed by atoms with Crippen LogP contribution >= 0.6 is 12.2 Å². The normalized spacial score (nSPS) is 10.6. The van der Waals surface area contributed by atoms with Crippen LogP contribution in [0.15, 0.2) is 48.8 Å². The van der Waals surface area contributed by atoms with Gasteiger partial charge in [-0.05, 0) is 18.2 Å². The number of hydrogen-bond acceptors (Lipinski definition) is 3. The van der Waals surface area contributed by atoms with Crippen LogP contribution in [-0.4, -0.2) is 19.5 Å². The minimum Gasteiger partial charge on any atom is -0.344 e. The van der Waals surface area contributed by atoms with E-state index in [0.29, 0.717) is 4.99 Å². The maximum absolute atomic E-state index is 5.42. The fraction of sp³-hybridized carbons (Fsp3) is 0.0714. The van der Waals surface area contributed by atoms with E-state index < -0.39 is 0 Å². The average molecular weight is 268 g/mol. The van der Waals surface area contributed by atoms with Crippen LogP contribution in [0.25, 0.3) is 11.0 Å². The minimum atomic E-state index is 0.602. The number of fused-ring (bicyclic) bond motifs is 1. The van der Waals surface area contributed by atoms with Crippen LogP contribution in [0, 0.1) is 0 Å². The van der Waals surface area contributed by atoms with Gasteiger partial charge >= 0.3 is 0 Å². The number of aryl methyl sites for hydroxylation is 1. The molecular formula is C14H12N4S. The first-order valence-electron chi connectivity index (χ1n) is 5.88. The van der Waals surface area contributed by atoms with Gasteiger partial charge in [-0.3, -0.25) is 4.98 Å². The summed E-state index contributed by atoms with van der Waals surface area (Å²) in [5, 5.41) is 3.19. The van der Waals surface area contributed by atoms with Crippen molar-refractivity contribution in [1.29, 1.82) is 0 Å². The number of nitrogens with one attached hydrogen (secondary N) is 1. The van der Waals surface area contributed by atoms with Gasteiger partial charge in [0, 0.05) is 18.9 Å². The van der Waals surface area contributed by atoms with E-state index in [1.54, 1.807) is 12.4 Å². The number of para-hydroxylation sites is 1. The molecule has 0 aliphatic heterocycles. The van der Waals surface area contributed by atoms with E-state index in [9.17, 15) is 0 Å². The molecule has 0 saturated heterocycles. The Morgan fingerprint density at radius 2 is 2.00 bits per heavy atom. The Kier molecular flexibility index (Phi) is 2.97. The molecule has 19 heavy (non-hydrogen) atoms. The van der Waals surface area contributed by atoms with Crippen LogP contribution < -0.4 is 5.32 Å². The monoisotopic (exact) mass is 268 g/mol. The molecule has 94 valence electrons. The summed E-state index contributed by atoms with van der Waals surface area (Å²) in [6.07, 6.45) is 3.52. The van der Waals surface area contributed by atoms with E-state index in [4.69, 9.17) is 12.2 Å². The fourth-order valence-electron chi connectivity index (χ4n) is 1.95. The van der Waals surface area contributed by atoms with Gasteiger partial charge in [0.05, 0.1) is 17.2 Å². The van der Waals surface area contributed by atoms with Crippen molar-refractivity contribution in [3.8, 4) is 0 Å². The first-order valence-corrected chi connectivity index (χ1v) is 6.29. The molecule has 0 amide bonds. The van der Waals surface area contributed by atoms with Gasteiger partial charge in [-0.25, -0.2) is 4.98 Å². The van der Waals surface area contributed by atoms with Gasteiger partial charge in [0.2, 0.25) is 0 Å². The van der Waals surface area contributed by atoms with Gasteiger partial charge in [-0.15, -0.1) is 0 Å². The summed E-state index contributed by atoms with van der Waals surface area (Å²) >= 11 is 5.42. The third-order valence-corrected chi connectivity index (χ3v) is 3.20. The molecule has 0 bridgehead atoms. The molecule has 3 rings (SSSR count). The van der Waals surface area contributed by atoms with E-state index in [0.717, 1.165) is 22.5 Å². The molecule has 0 spiro atoms. The highest BCUT2D eigenvalue weighted by molar-refractivity contribution is 7.81. The molecule has 0 aliphatic rings. The quantitative estimate of drug-likeness (QED) is 0.726. The minimum absolute atomic E-state index is 0.602. The molecule has 2 heterocycles. The predicted octanol–water partition coefficient (Wildman–Crippen LogP) is 2.76. The molecule has 3 aromatic rings. The first kappa shape index (κ1) is 11.8. The maximum atomic E-state index is 5.42. The highest BCUT2D eigenvalue weighted by atomic mass is 32.1. The van der Waals surface area contributed by atoms with Crippen LogP contribution in [0.4, 0.5) is 5.69 Å². The summed E-state index contributed by atoms with van der Waals surface area (Å²) in [6.45, 7) is 0. The largest absolute Gasteiger partial charge is 0.344 e. The zero-order valence-electron chi connectivity index (χ0n) is 10.4. The van der Waals surface area contributed by atoms with Crippen LogP contribution in [-0.2, 0) is 7.05 Å². The second kappa shape index (κ2) is 4.78. The van der Waals surface area contributed by atoms with Gasteiger partial charge in [-0.2, -0.15) is 0 Å². The number of benzene rings is 1. The Balaban J connectivity index is 1.96. The SMILES string of the molecule is Cn1c(C(=S)Nc2ccccc2)nc2ccncc21. The second-order valence-electron chi connectivity index (χ2n) is 4.18. The zero-order chi connectivity index (χ0) is 13.2. The molecular weight excluding hydrogens is 256 g/mol. The average Bonchev–Trinajstić information content (AvgIpc) is 2.78. The Labute approximate surface area is 116 Å². The summed E-state index contributed by atoms with van der Waals surface area (Å²) in [4.78, 5) is 9.24. The summed E-state index contributed by atoms with van der Waals surface area (Å²) in [5.41, 5.74) is 2.82. The Bertz CT molecular complexity index is 734. The molecule has 0 unspecified atom stereocenters. The van der Waals surface area contributed by atoms with Crippen molar-refractivity contribution < 1.29 is 0 Å². The smallest absolute Gasteiger partial charge is 0.168 e. The first-order chi connectivity index (χ1) is 9.25. The van der Waals surface area contributed by atoms with Crippen molar-refractivity contribution in [2.75, 3.05) is 5.32 Å². The van der Waals surface area contributed by atoms with Crippen LogP contribution in [0.1, 0.15) is 5.82 Å². The zero-order valence-corrected chi connectivity index (χ0v) is 11.2. The lowest BCUT2D eigenvalue weighted by atomic mass is 10.3. The molecule has 0 radical (unpaired) electrons. The standard InChI is InChI=1S/C14H12N4S/c1-18-12-9-15-8-7-11(12)17-13(18)14(19)16-10-5-3-2-4-6-10/h2-9H,1H3,(H,16,19). The number of rotatable bonds is 2. The number of anilines is 1. The topological polar surface area (TPSA) is 42.7 Å². The highest BCUT2D eigenvalue weighted by Crippen LogP contribution is 2.15. The number of nitrogens with zero attached hydrogens (tertiary/aromatic N) is 3. The van der Waals surface area contributed by atoms with E-state index >= 15 is 0 Å². The van der Waals surface area contributed by atoms with E-state index in [1.807, 2.05) is 48.0 Å². The summed E-state index contributed by atoms with van der Waals surface area (Å²) in [7, 11) is 1.94. The van der Waals surface area contributed by atoms with Gasteiger partial charge in [0.25, 0.3) is 0 Å². The Morgan fingerprint density at radius 1 is 1.21 bits per heavy atom. The lowest BCUT2D eigenvalue weighted by molar-refractivity contribution is 0.930. The molecule has 0 fully saturated rings. The van der Waals surface area contributed by atoms with Crippen molar-refractivity contribution in [2.45, 2.75) is 0 Å². The van der Waals surface area contributed by atoms with Crippen molar-refractivity contribution >= 4 is 33.9 Å². The van der Waals surface area contributed by atoms with Crippen molar-refractivity contribution in [3.63, 3.8) is 0 Å². The van der Waals surface area contributed by atoms with Crippen molar-refractivity contribution in [3.05, 3.63) is 54.6 Å². The van der Waals surface area contributed by atoms with Crippen molar-refractivity contribution in [1.82, 2.24) is 14.5 Å². The van der Waals surface area contributed by atoms with Gasteiger partial charge in [0.1, 0.15) is 4.99 Å². The van der Waals surface area contributed by atoms with Gasteiger partial charge < -0.3 is 9.88 Å². The van der Waals surface area contributed by atoms with Gasteiger partial charge in [0.15, 0.2) is 5.82 Å². The second-order valence-corrected chi connectivity index (χ2v) is 4.59. The summed E-state index contributed by atoms with van der Waals surface area (Å²) in [6, 6.07) is 11.7. The molecule has 2 aromatic heterocycles. The third-order valence-electron chi connectivity index (χ3n) is 2.92. The summed E-state index contributed by atoms with van der Waals surface area (Å²) < 4.78 is 1.95. The number of pyridine rings is 1. The number of aromatic nitrogens is 3. The van der Waals surface area contributed by atoms with E-state index in [2.05, 4.69) is 15.3 Å². The van der Waals surface area contributed by atoms with Crippen molar-refractivity contribution in [2.24, 2.45) is 7.05 Å². The van der Waals surface area contributed by atoms with Crippen LogP contribution in [0.2, 0.25) is 0 Å². The molecule has 0 saturated carbocycles. The molecule has 0 aliphatic carbocycles. The van der Waals surface area contributed by atoms with E-state index in [1.165, 1.54) is 0 Å². The Morgan fingerprint density at radius 3 is 2.74 bits per heavy atom.